The third kappa shape index (κ3) is 4.64. The fraction of sp³-hybridized carbons (Fsp3) is 0.308. The second-order valence-electron chi connectivity index (χ2n) is 3.83. The monoisotopic (exact) mass is 299 g/mol. The van der Waals surface area contributed by atoms with E-state index in [4.69, 9.17) is 16.4 Å². The summed E-state index contributed by atoms with van der Waals surface area (Å²) in [4.78, 5) is 39.0. The highest BCUT2D eigenvalue weighted by Gasteiger charge is 2.22. The fourth-order valence-electron chi connectivity index (χ4n) is 1.42. The zero-order valence-electron chi connectivity index (χ0n) is 11.1. The van der Waals surface area contributed by atoms with Crippen molar-refractivity contribution in [1.29, 1.82) is 0 Å². The van der Waals surface area contributed by atoms with Gasteiger partial charge in [0.25, 0.3) is 5.91 Å². The van der Waals surface area contributed by atoms with Crippen LogP contribution in [0.3, 0.4) is 0 Å². The first-order valence-electron chi connectivity index (χ1n) is 5.68. The first kappa shape index (κ1) is 16.1. The maximum absolute atomic E-state index is 11.8. The van der Waals surface area contributed by atoms with Crippen molar-refractivity contribution in [3.63, 3.8) is 0 Å². The van der Waals surface area contributed by atoms with Crippen LogP contribution < -0.4 is 0 Å². The second kappa shape index (κ2) is 7.62. The molecule has 0 fully saturated rings. The molecule has 6 nitrogen and oxygen atoms in total. The van der Waals surface area contributed by atoms with Crippen molar-refractivity contribution in [1.82, 2.24) is 5.06 Å². The van der Waals surface area contributed by atoms with Crippen LogP contribution in [0, 0.1) is 0 Å². The fourth-order valence-corrected chi connectivity index (χ4v) is 1.55. The largest absolute Gasteiger partial charge is 0.463 e. The third-order valence-electron chi connectivity index (χ3n) is 2.46. The van der Waals surface area contributed by atoms with E-state index in [0.29, 0.717) is 5.02 Å². The molecule has 0 aliphatic rings. The van der Waals surface area contributed by atoms with Crippen molar-refractivity contribution in [2.45, 2.75) is 13.0 Å². The number of nitrogens with zero attached hydrogens (tertiary/aromatic N) is 1. The molecule has 0 N–H and O–H groups in total. The van der Waals surface area contributed by atoms with Crippen molar-refractivity contribution in [3.05, 3.63) is 34.9 Å². The quantitative estimate of drug-likeness (QED) is 0.343. The molecule has 0 unspecified atom stereocenters. The molecule has 0 atom stereocenters. The first-order chi connectivity index (χ1) is 9.47. The summed E-state index contributed by atoms with van der Waals surface area (Å²) in [5.41, 5.74) is 0.773. The highest BCUT2D eigenvalue weighted by Crippen LogP contribution is 2.12. The summed E-state index contributed by atoms with van der Waals surface area (Å²) >= 11 is 5.76. The number of esters is 1. The number of carbonyl (C=O) groups is 3. The van der Waals surface area contributed by atoms with Gasteiger partial charge in [0.1, 0.15) is 0 Å². The SMILES string of the molecule is COC(=O)C(=O)CC(=O)N(Cc1ccc(Cl)cc1)OC. The van der Waals surface area contributed by atoms with E-state index >= 15 is 0 Å². The molecule has 0 radical (unpaired) electrons. The Balaban J connectivity index is 2.66. The predicted octanol–water partition coefficient (Wildman–Crippen LogP) is 1.36. The molecule has 1 rings (SSSR count). The van der Waals surface area contributed by atoms with Crippen LogP contribution in [0.2, 0.25) is 5.02 Å². The molecule has 0 spiro atoms. The van der Waals surface area contributed by atoms with Crippen molar-refractivity contribution in [2.24, 2.45) is 0 Å². The van der Waals surface area contributed by atoms with Crippen LogP contribution >= 0.6 is 11.6 Å². The lowest BCUT2D eigenvalue weighted by Crippen LogP contribution is -2.33. The Morgan fingerprint density at radius 2 is 1.75 bits per heavy atom. The smallest absolute Gasteiger partial charge is 0.374 e. The highest BCUT2D eigenvalue weighted by atomic mass is 35.5. The molecule has 0 aliphatic carbocycles. The molecule has 1 aromatic rings. The standard InChI is InChI=1S/C13H14ClNO5/c1-19-13(18)11(16)7-12(17)15(20-2)8-9-3-5-10(14)6-4-9/h3-6H,7-8H2,1-2H3. The molecule has 108 valence electrons. The molecule has 20 heavy (non-hydrogen) atoms. The Morgan fingerprint density at radius 1 is 1.15 bits per heavy atom. The number of hydrogen-bond acceptors (Lipinski definition) is 5. The van der Waals surface area contributed by atoms with E-state index in [-0.39, 0.29) is 6.54 Å². The van der Waals surface area contributed by atoms with E-state index in [0.717, 1.165) is 17.7 Å². The van der Waals surface area contributed by atoms with Crippen molar-refractivity contribution < 1.29 is 24.0 Å². The minimum absolute atomic E-state index is 0.140. The van der Waals surface area contributed by atoms with Crippen LogP contribution in [0.5, 0.6) is 0 Å². The molecule has 0 aliphatic heterocycles. The molecule has 1 aromatic carbocycles. The average molecular weight is 300 g/mol. The van der Waals surface area contributed by atoms with Crippen LogP contribution in [0.15, 0.2) is 24.3 Å². The number of Topliss-reactive ketones (excluding diaryl/α,β-unsaturated/α-hetero) is 1. The van der Waals surface area contributed by atoms with Crippen LogP contribution in [-0.4, -0.2) is 36.9 Å². The Bertz CT molecular complexity index is 500. The van der Waals surface area contributed by atoms with E-state index in [9.17, 15) is 14.4 Å². The lowest BCUT2D eigenvalue weighted by atomic mass is 10.2. The molecule has 0 saturated carbocycles. The third-order valence-corrected chi connectivity index (χ3v) is 2.71. The van der Waals surface area contributed by atoms with E-state index in [1.165, 1.54) is 7.11 Å². The Hall–Kier alpha value is -1.92. The summed E-state index contributed by atoms with van der Waals surface area (Å²) in [6.07, 6.45) is -0.603. The van der Waals surface area contributed by atoms with Crippen LogP contribution in [-0.2, 0) is 30.5 Å². The maximum atomic E-state index is 11.8. The number of hydroxylamine groups is 2. The molecule has 0 aromatic heterocycles. The predicted molar refractivity (Wildman–Crippen MR) is 70.7 cm³/mol. The van der Waals surface area contributed by atoms with Gasteiger partial charge in [-0.05, 0) is 17.7 Å². The Morgan fingerprint density at radius 3 is 2.25 bits per heavy atom. The number of ether oxygens (including phenoxy) is 1. The van der Waals surface area contributed by atoms with Gasteiger partial charge in [-0.1, -0.05) is 23.7 Å². The number of carbonyl (C=O) groups excluding carboxylic acids is 3. The van der Waals surface area contributed by atoms with Gasteiger partial charge in [-0.2, -0.15) is 0 Å². The molecule has 0 heterocycles. The average Bonchev–Trinajstić information content (AvgIpc) is 2.45. The highest BCUT2D eigenvalue weighted by molar-refractivity contribution is 6.36. The van der Waals surface area contributed by atoms with Gasteiger partial charge in [-0.3, -0.25) is 14.4 Å². The molecule has 0 saturated heterocycles. The van der Waals surface area contributed by atoms with Crippen LogP contribution in [0.1, 0.15) is 12.0 Å². The first-order valence-corrected chi connectivity index (χ1v) is 6.05. The summed E-state index contributed by atoms with van der Waals surface area (Å²) in [5, 5.41) is 1.56. The van der Waals surface area contributed by atoms with Gasteiger partial charge in [0.2, 0.25) is 5.78 Å². The van der Waals surface area contributed by atoms with Gasteiger partial charge in [0, 0.05) is 5.02 Å². The summed E-state index contributed by atoms with van der Waals surface area (Å²) in [5.74, 6) is -2.60. The van der Waals surface area contributed by atoms with E-state index in [1.54, 1.807) is 24.3 Å². The maximum Gasteiger partial charge on any atom is 0.374 e. The zero-order valence-corrected chi connectivity index (χ0v) is 11.8. The lowest BCUT2D eigenvalue weighted by Gasteiger charge is -2.19. The molecular weight excluding hydrogens is 286 g/mol. The number of amides is 1. The minimum Gasteiger partial charge on any atom is -0.463 e. The van der Waals surface area contributed by atoms with E-state index in [1.807, 2.05) is 0 Å². The number of halogens is 1. The number of hydrogen-bond donors (Lipinski definition) is 0. The van der Waals surface area contributed by atoms with Gasteiger partial charge in [0.05, 0.1) is 27.2 Å². The van der Waals surface area contributed by atoms with E-state index in [2.05, 4.69) is 4.74 Å². The Kier molecular flexibility index (Phi) is 6.14. The van der Waals surface area contributed by atoms with Crippen LogP contribution in [0.25, 0.3) is 0 Å². The molecule has 0 bridgehead atoms. The van der Waals surface area contributed by atoms with Crippen molar-refractivity contribution in [2.75, 3.05) is 14.2 Å². The Labute approximate surface area is 121 Å². The zero-order chi connectivity index (χ0) is 15.1. The van der Waals surface area contributed by atoms with Crippen molar-refractivity contribution in [3.8, 4) is 0 Å². The van der Waals surface area contributed by atoms with Crippen molar-refractivity contribution >= 4 is 29.3 Å². The summed E-state index contributed by atoms with van der Waals surface area (Å²) < 4.78 is 4.24. The summed E-state index contributed by atoms with van der Waals surface area (Å²) in [6.45, 7) is 0.140. The molecule has 7 heteroatoms. The minimum atomic E-state index is -1.05. The number of methoxy groups -OCH3 is 1. The topological polar surface area (TPSA) is 72.9 Å². The lowest BCUT2D eigenvalue weighted by molar-refractivity contribution is -0.180. The normalized spacial score (nSPS) is 9.95. The van der Waals surface area contributed by atoms with Gasteiger partial charge < -0.3 is 4.74 Å². The van der Waals surface area contributed by atoms with Gasteiger partial charge in [-0.25, -0.2) is 9.86 Å². The van der Waals surface area contributed by atoms with Gasteiger partial charge in [-0.15, -0.1) is 0 Å². The molecule has 1 amide bonds. The number of benzene rings is 1. The van der Waals surface area contributed by atoms with Gasteiger partial charge in [0.15, 0.2) is 0 Å². The number of ketones is 1. The molecular formula is C13H14ClNO5. The van der Waals surface area contributed by atoms with Crippen LogP contribution in [0.4, 0.5) is 0 Å². The summed E-state index contributed by atoms with van der Waals surface area (Å²) in [6, 6.07) is 6.80. The van der Waals surface area contributed by atoms with Gasteiger partial charge >= 0.3 is 5.97 Å². The summed E-state index contributed by atoms with van der Waals surface area (Å²) in [7, 11) is 2.38. The second-order valence-corrected chi connectivity index (χ2v) is 4.27. The van der Waals surface area contributed by atoms with E-state index < -0.39 is 24.1 Å². The number of rotatable bonds is 6.